The molecule has 0 aliphatic heterocycles. The molecule has 1 N–H and O–H groups in total. The summed E-state index contributed by atoms with van der Waals surface area (Å²) in [7, 11) is 0. The summed E-state index contributed by atoms with van der Waals surface area (Å²) < 4.78 is 4.53. The summed E-state index contributed by atoms with van der Waals surface area (Å²) in [5.74, 6) is -2.13. The van der Waals surface area contributed by atoms with Crippen LogP contribution in [-0.4, -0.2) is 42.3 Å². The number of ketones is 1. The zero-order valence-corrected chi connectivity index (χ0v) is 9.90. The van der Waals surface area contributed by atoms with Crippen molar-refractivity contribution in [3.8, 4) is 0 Å². The Bertz CT molecular complexity index is 454. The molecule has 1 aromatic rings. The molecule has 0 aliphatic rings. The molecule has 0 heterocycles. The molecule has 0 atom stereocenters. The van der Waals surface area contributed by atoms with E-state index in [-0.39, 0.29) is 25.5 Å². The number of aliphatic hydroxyl groups is 1. The quantitative estimate of drug-likeness (QED) is 0.296. The molecule has 0 amide bonds. The van der Waals surface area contributed by atoms with Gasteiger partial charge in [-0.3, -0.25) is 4.79 Å². The molecule has 1 aromatic carbocycles. The van der Waals surface area contributed by atoms with Crippen LogP contribution >= 0.6 is 11.6 Å². The Hall–Kier alpha value is -1.21. The molecule has 6 heteroatoms. The van der Waals surface area contributed by atoms with Gasteiger partial charge in [0, 0.05) is 16.7 Å². The fourth-order valence-corrected chi connectivity index (χ4v) is 1.21. The second kappa shape index (κ2) is 7.99. The number of ether oxygens (including phenoxy) is 1. The van der Waals surface area contributed by atoms with Crippen molar-refractivity contribution in [2.24, 2.45) is 0 Å². The molecule has 0 bridgehead atoms. The van der Waals surface area contributed by atoms with Gasteiger partial charge in [0.1, 0.15) is 0 Å². The van der Waals surface area contributed by atoms with Crippen LogP contribution in [0.15, 0.2) is 36.1 Å². The van der Waals surface area contributed by atoms with Gasteiger partial charge in [-0.25, -0.2) is 4.79 Å². The first-order chi connectivity index (χ1) is 8.04. The van der Waals surface area contributed by atoms with E-state index in [0.717, 1.165) is 6.08 Å². The van der Waals surface area contributed by atoms with Crippen LogP contribution in [0.4, 0.5) is 0 Å². The number of carbonyl (C=O) groups is 2. The van der Waals surface area contributed by atoms with Crippen LogP contribution in [-0.2, 0) is 9.53 Å². The number of hydrogen-bond donors (Lipinski definition) is 1. The summed E-state index contributed by atoms with van der Waals surface area (Å²) in [5.41, 5.74) is 0.324. The molecule has 0 fully saturated rings. The minimum absolute atomic E-state index is 0. The van der Waals surface area contributed by atoms with Gasteiger partial charge >= 0.3 is 24.8 Å². The molecule has 18 heavy (non-hydrogen) atoms. The second-order valence-corrected chi connectivity index (χ2v) is 3.56. The van der Waals surface area contributed by atoms with Crippen molar-refractivity contribution in [1.82, 2.24) is 0 Å². The van der Waals surface area contributed by atoms with Crippen LogP contribution in [0.5, 0.6) is 0 Å². The van der Waals surface area contributed by atoms with E-state index < -0.39 is 17.5 Å². The zero-order chi connectivity index (χ0) is 12.8. The number of benzene rings is 1. The topological polar surface area (TPSA) is 63.6 Å². The molecule has 0 saturated heterocycles. The Morgan fingerprint density at radius 3 is 2.39 bits per heavy atom. The minimum atomic E-state index is -0.921. The third-order valence-corrected chi connectivity index (χ3v) is 2.13. The molecule has 0 saturated carbocycles. The van der Waals surface area contributed by atoms with Crippen LogP contribution in [0, 0.1) is 0 Å². The maximum absolute atomic E-state index is 11.6. The zero-order valence-electron chi connectivity index (χ0n) is 9.14. The monoisotopic (exact) mass is 262 g/mol. The van der Waals surface area contributed by atoms with Gasteiger partial charge in [0.2, 0.25) is 5.76 Å². The number of halogens is 1. The summed E-state index contributed by atoms with van der Waals surface area (Å²) in [4.78, 5) is 22.6. The van der Waals surface area contributed by atoms with Gasteiger partial charge in [0.05, 0.1) is 6.61 Å². The van der Waals surface area contributed by atoms with E-state index in [1.54, 1.807) is 19.1 Å². The van der Waals surface area contributed by atoms with Crippen molar-refractivity contribution < 1.29 is 19.4 Å². The molecule has 1 rings (SSSR count). The first-order valence-electron chi connectivity index (χ1n) is 4.92. The Morgan fingerprint density at radius 2 is 1.89 bits per heavy atom. The van der Waals surface area contributed by atoms with Gasteiger partial charge in [-0.2, -0.15) is 0 Å². The van der Waals surface area contributed by atoms with E-state index >= 15 is 0 Å². The Morgan fingerprint density at radius 1 is 1.33 bits per heavy atom. The van der Waals surface area contributed by atoms with E-state index in [4.69, 9.17) is 11.6 Å². The molecule has 0 spiro atoms. The molecular weight excluding hydrogens is 251 g/mol. The summed E-state index contributed by atoms with van der Waals surface area (Å²) in [6.45, 7) is 1.73. The predicted octanol–water partition coefficient (Wildman–Crippen LogP) is 1.88. The van der Waals surface area contributed by atoms with E-state index in [0.29, 0.717) is 10.6 Å². The molecule has 0 unspecified atom stereocenters. The van der Waals surface area contributed by atoms with Gasteiger partial charge in [0.15, 0.2) is 5.78 Å². The van der Waals surface area contributed by atoms with Gasteiger partial charge in [-0.15, -0.1) is 0 Å². The fourth-order valence-electron chi connectivity index (χ4n) is 1.09. The van der Waals surface area contributed by atoms with Crippen LogP contribution in [0.2, 0.25) is 5.02 Å². The van der Waals surface area contributed by atoms with Crippen molar-refractivity contribution in [3.05, 3.63) is 46.7 Å². The van der Waals surface area contributed by atoms with Crippen molar-refractivity contribution in [2.75, 3.05) is 6.61 Å². The predicted molar refractivity (Wildman–Crippen MR) is 70.3 cm³/mol. The molecule has 4 nitrogen and oxygen atoms in total. The first kappa shape index (κ1) is 16.8. The molecule has 0 radical (unpaired) electrons. The van der Waals surface area contributed by atoms with Crippen molar-refractivity contribution in [1.29, 1.82) is 0 Å². The van der Waals surface area contributed by atoms with Gasteiger partial charge < -0.3 is 9.84 Å². The number of hydrogen-bond acceptors (Lipinski definition) is 4. The number of allylic oxidation sites excluding steroid dienone is 1. The normalized spacial score (nSPS) is 10.4. The average Bonchev–Trinajstić information content (AvgIpc) is 2.30. The van der Waals surface area contributed by atoms with E-state index in [9.17, 15) is 14.7 Å². The van der Waals surface area contributed by atoms with Crippen LogP contribution in [0.25, 0.3) is 0 Å². The molecular formula is C12H12ClLiO4. The summed E-state index contributed by atoms with van der Waals surface area (Å²) in [5, 5.41) is 9.77. The molecule has 92 valence electrons. The van der Waals surface area contributed by atoms with Crippen molar-refractivity contribution in [3.63, 3.8) is 0 Å². The molecule has 0 aliphatic carbocycles. The number of rotatable bonds is 4. The Kier molecular flexibility index (Phi) is 7.45. The third kappa shape index (κ3) is 4.97. The van der Waals surface area contributed by atoms with E-state index in [1.807, 2.05) is 0 Å². The SMILES string of the molecule is CCOC(=O)/C(O)=C/C(=O)c1ccc(Cl)cc1.[LiH]. The average molecular weight is 263 g/mol. The van der Waals surface area contributed by atoms with Crippen LogP contribution in [0.3, 0.4) is 0 Å². The summed E-state index contributed by atoms with van der Waals surface area (Å²) >= 11 is 5.66. The van der Waals surface area contributed by atoms with E-state index in [1.165, 1.54) is 12.1 Å². The first-order valence-corrected chi connectivity index (χ1v) is 5.30. The van der Waals surface area contributed by atoms with Gasteiger partial charge in [-0.05, 0) is 31.2 Å². The Labute approximate surface area is 122 Å². The van der Waals surface area contributed by atoms with Gasteiger partial charge in [0.25, 0.3) is 0 Å². The number of carbonyl (C=O) groups excluding carboxylic acids is 2. The van der Waals surface area contributed by atoms with Crippen LogP contribution in [0.1, 0.15) is 17.3 Å². The van der Waals surface area contributed by atoms with Crippen LogP contribution < -0.4 is 0 Å². The molecule has 0 aromatic heterocycles. The van der Waals surface area contributed by atoms with Crippen molar-refractivity contribution in [2.45, 2.75) is 6.92 Å². The fraction of sp³-hybridized carbons (Fsp3) is 0.167. The second-order valence-electron chi connectivity index (χ2n) is 3.12. The van der Waals surface area contributed by atoms with Crippen molar-refractivity contribution >= 4 is 42.2 Å². The third-order valence-electron chi connectivity index (χ3n) is 1.88. The van der Waals surface area contributed by atoms with E-state index in [2.05, 4.69) is 4.74 Å². The maximum atomic E-state index is 11.6. The summed E-state index contributed by atoms with van der Waals surface area (Å²) in [6.07, 6.45) is 0.821. The van der Waals surface area contributed by atoms with Gasteiger partial charge in [-0.1, -0.05) is 11.6 Å². The Balaban J connectivity index is 0.00000289. The standard InChI is InChI=1S/C12H11ClO4.Li.H/c1-2-17-12(16)11(15)7-10(14)8-3-5-9(13)6-4-8;;/h3-7,15H,2H2,1H3;;/b11-7-;;. The number of aliphatic hydroxyl groups excluding tert-OH is 1. The summed E-state index contributed by atoms with van der Waals surface area (Å²) in [6, 6.07) is 6.09. The number of esters is 1.